The predicted molar refractivity (Wildman–Crippen MR) is 71.2 cm³/mol. The van der Waals surface area contributed by atoms with E-state index in [1.54, 1.807) is 30.3 Å². The third-order valence-corrected chi connectivity index (χ3v) is 2.92. The van der Waals surface area contributed by atoms with Crippen molar-refractivity contribution >= 4 is 5.97 Å². The molecule has 0 aromatic heterocycles. The monoisotopic (exact) mass is 266 g/mol. The minimum absolute atomic E-state index is 0.376. The summed E-state index contributed by atoms with van der Waals surface area (Å²) >= 11 is 0. The Kier molecular flexibility index (Phi) is 6.22. The lowest BCUT2D eigenvalue weighted by atomic mass is 9.99. The van der Waals surface area contributed by atoms with Gasteiger partial charge >= 0.3 is 5.97 Å². The molecule has 0 fully saturated rings. The zero-order chi connectivity index (χ0) is 14.3. The van der Waals surface area contributed by atoms with Crippen molar-refractivity contribution in [1.29, 1.82) is 0 Å². The Balaban J connectivity index is 2.80. The normalized spacial score (nSPS) is 15.0. The van der Waals surface area contributed by atoms with Gasteiger partial charge in [-0.05, 0) is 18.1 Å². The second-order valence-electron chi connectivity index (χ2n) is 4.45. The fraction of sp³-hybridized carbons (Fsp3) is 0.400. The van der Waals surface area contributed by atoms with Crippen LogP contribution in [0.4, 0.5) is 4.39 Å². The molecular weight excluding hydrogens is 247 g/mol. The van der Waals surface area contributed by atoms with Gasteiger partial charge in [-0.2, -0.15) is 0 Å². The van der Waals surface area contributed by atoms with E-state index in [4.69, 9.17) is 5.11 Å². The van der Waals surface area contributed by atoms with Crippen LogP contribution in [0.2, 0.25) is 0 Å². The van der Waals surface area contributed by atoms with Crippen molar-refractivity contribution in [2.24, 2.45) is 5.92 Å². The summed E-state index contributed by atoms with van der Waals surface area (Å²) < 4.78 is 13.9. The summed E-state index contributed by atoms with van der Waals surface area (Å²) in [4.78, 5) is 11.0. The van der Waals surface area contributed by atoms with Crippen LogP contribution in [0.15, 0.2) is 42.2 Å². The molecule has 1 rings (SSSR count). The van der Waals surface area contributed by atoms with Crippen molar-refractivity contribution in [1.82, 2.24) is 0 Å². The SMILES string of the molecule is CCCC[C@H](/C=C(\F)[C@@H](O)c1ccccc1)C(=O)O. The molecule has 3 nitrogen and oxygen atoms in total. The van der Waals surface area contributed by atoms with Crippen molar-refractivity contribution in [3.8, 4) is 0 Å². The molecule has 0 bridgehead atoms. The molecule has 0 spiro atoms. The average molecular weight is 266 g/mol. The summed E-state index contributed by atoms with van der Waals surface area (Å²) in [5, 5.41) is 18.8. The van der Waals surface area contributed by atoms with Crippen molar-refractivity contribution in [2.75, 3.05) is 0 Å². The molecule has 0 saturated carbocycles. The quantitative estimate of drug-likeness (QED) is 0.794. The van der Waals surface area contributed by atoms with Crippen molar-refractivity contribution in [3.05, 3.63) is 47.8 Å². The molecule has 1 aromatic carbocycles. The highest BCUT2D eigenvalue weighted by Crippen LogP contribution is 2.25. The standard InChI is InChI=1S/C15H19FO3/c1-2-3-7-12(15(18)19)10-13(16)14(17)11-8-5-4-6-9-11/h4-6,8-10,12,14,17H,2-3,7H2,1H3,(H,18,19)/b13-10-/t12-,14+/m1/s1. The first-order valence-electron chi connectivity index (χ1n) is 6.39. The van der Waals surface area contributed by atoms with Gasteiger partial charge in [-0.1, -0.05) is 50.1 Å². The third-order valence-electron chi connectivity index (χ3n) is 2.92. The van der Waals surface area contributed by atoms with Crippen LogP contribution in [0.1, 0.15) is 37.9 Å². The molecule has 1 aromatic rings. The van der Waals surface area contributed by atoms with E-state index in [1.807, 2.05) is 6.92 Å². The number of rotatable bonds is 7. The molecule has 2 N–H and O–H groups in total. The molecule has 0 aliphatic carbocycles. The number of unbranched alkanes of at least 4 members (excludes halogenated alkanes) is 1. The molecule has 4 heteroatoms. The topological polar surface area (TPSA) is 57.5 Å². The van der Waals surface area contributed by atoms with Crippen LogP contribution in [0.25, 0.3) is 0 Å². The molecule has 0 heterocycles. The van der Waals surface area contributed by atoms with Crippen LogP contribution in [-0.4, -0.2) is 16.2 Å². The molecule has 0 saturated heterocycles. The summed E-state index contributed by atoms with van der Waals surface area (Å²) in [5.41, 5.74) is 0.413. The zero-order valence-corrected chi connectivity index (χ0v) is 10.9. The summed E-state index contributed by atoms with van der Waals surface area (Å²) in [6.45, 7) is 1.94. The number of carboxylic acids is 1. The van der Waals surface area contributed by atoms with Crippen molar-refractivity contribution in [2.45, 2.75) is 32.3 Å². The van der Waals surface area contributed by atoms with Crippen LogP contribution in [-0.2, 0) is 4.79 Å². The van der Waals surface area contributed by atoms with Gasteiger partial charge in [0.1, 0.15) is 11.9 Å². The molecule has 0 aliphatic heterocycles. The Bertz CT molecular complexity index is 428. The Morgan fingerprint density at radius 2 is 2.00 bits per heavy atom. The van der Waals surface area contributed by atoms with Gasteiger partial charge in [0.2, 0.25) is 0 Å². The second-order valence-corrected chi connectivity index (χ2v) is 4.45. The maximum atomic E-state index is 13.9. The molecular formula is C15H19FO3. The maximum absolute atomic E-state index is 13.9. The van der Waals surface area contributed by atoms with E-state index < -0.39 is 23.8 Å². The van der Waals surface area contributed by atoms with Crippen LogP contribution in [0.5, 0.6) is 0 Å². The first-order valence-corrected chi connectivity index (χ1v) is 6.39. The number of aliphatic carboxylic acids is 1. The van der Waals surface area contributed by atoms with Crippen molar-refractivity contribution in [3.63, 3.8) is 0 Å². The zero-order valence-electron chi connectivity index (χ0n) is 10.9. The van der Waals surface area contributed by atoms with E-state index in [1.165, 1.54) is 0 Å². The maximum Gasteiger partial charge on any atom is 0.310 e. The van der Waals surface area contributed by atoms with E-state index in [0.717, 1.165) is 12.5 Å². The van der Waals surface area contributed by atoms with Gasteiger partial charge in [-0.15, -0.1) is 0 Å². The second kappa shape index (κ2) is 7.69. The first-order chi connectivity index (χ1) is 9.06. The summed E-state index contributed by atoms with van der Waals surface area (Å²) in [7, 11) is 0. The van der Waals surface area contributed by atoms with Crippen molar-refractivity contribution < 1.29 is 19.4 Å². The molecule has 19 heavy (non-hydrogen) atoms. The Labute approximate surface area is 112 Å². The molecule has 2 atom stereocenters. The minimum atomic E-state index is -1.40. The van der Waals surface area contributed by atoms with Crippen LogP contribution < -0.4 is 0 Å². The fourth-order valence-corrected chi connectivity index (χ4v) is 1.78. The predicted octanol–water partition coefficient (Wildman–Crippen LogP) is 3.46. The lowest BCUT2D eigenvalue weighted by molar-refractivity contribution is -0.140. The highest BCUT2D eigenvalue weighted by molar-refractivity contribution is 5.72. The number of aliphatic hydroxyl groups excluding tert-OH is 1. The molecule has 104 valence electrons. The van der Waals surface area contributed by atoms with E-state index in [0.29, 0.717) is 18.4 Å². The lowest BCUT2D eigenvalue weighted by Crippen LogP contribution is -2.12. The van der Waals surface area contributed by atoms with E-state index in [-0.39, 0.29) is 0 Å². The van der Waals surface area contributed by atoms with Gasteiger partial charge in [0, 0.05) is 0 Å². The van der Waals surface area contributed by atoms with Gasteiger partial charge < -0.3 is 10.2 Å². The number of aliphatic hydroxyl groups is 1. The molecule has 0 radical (unpaired) electrons. The Hall–Kier alpha value is -1.68. The van der Waals surface area contributed by atoms with E-state index >= 15 is 0 Å². The van der Waals surface area contributed by atoms with Crippen LogP contribution in [0.3, 0.4) is 0 Å². The highest BCUT2D eigenvalue weighted by Gasteiger charge is 2.19. The number of benzene rings is 1. The number of halogens is 1. The Morgan fingerprint density at radius 3 is 2.53 bits per heavy atom. The molecule has 0 amide bonds. The van der Waals surface area contributed by atoms with Gasteiger partial charge in [0.15, 0.2) is 0 Å². The summed E-state index contributed by atoms with van der Waals surface area (Å²) in [6, 6.07) is 8.34. The van der Waals surface area contributed by atoms with Gasteiger partial charge in [0.25, 0.3) is 0 Å². The first kappa shape index (κ1) is 15.4. The van der Waals surface area contributed by atoms with Gasteiger partial charge in [-0.3, -0.25) is 4.79 Å². The minimum Gasteiger partial charge on any atom is -0.481 e. The number of hydrogen-bond acceptors (Lipinski definition) is 2. The number of carboxylic acid groups (broad SMARTS) is 1. The van der Waals surface area contributed by atoms with Crippen LogP contribution >= 0.6 is 0 Å². The fourth-order valence-electron chi connectivity index (χ4n) is 1.78. The smallest absolute Gasteiger partial charge is 0.310 e. The Morgan fingerprint density at radius 1 is 1.37 bits per heavy atom. The summed E-state index contributed by atoms with van der Waals surface area (Å²) in [5.74, 6) is -2.77. The van der Waals surface area contributed by atoms with E-state index in [9.17, 15) is 14.3 Å². The average Bonchev–Trinajstić information content (AvgIpc) is 2.43. The van der Waals surface area contributed by atoms with Gasteiger partial charge in [0.05, 0.1) is 5.92 Å². The largest absolute Gasteiger partial charge is 0.481 e. The van der Waals surface area contributed by atoms with Crippen LogP contribution in [0, 0.1) is 5.92 Å². The number of carbonyl (C=O) groups is 1. The lowest BCUT2D eigenvalue weighted by Gasteiger charge is -2.11. The third kappa shape index (κ3) is 4.83. The molecule has 0 aliphatic rings. The highest BCUT2D eigenvalue weighted by atomic mass is 19.1. The number of hydrogen-bond donors (Lipinski definition) is 2. The van der Waals surface area contributed by atoms with E-state index in [2.05, 4.69) is 0 Å². The summed E-state index contributed by atoms with van der Waals surface area (Å²) in [6.07, 6.45) is 1.55. The van der Waals surface area contributed by atoms with Gasteiger partial charge in [-0.25, -0.2) is 4.39 Å². The molecule has 0 unspecified atom stereocenters.